The lowest BCUT2D eigenvalue weighted by Gasteiger charge is -2.11. The average molecular weight is 299 g/mol. The molecule has 0 unspecified atom stereocenters. The maximum atomic E-state index is 13.5. The van der Waals surface area contributed by atoms with E-state index in [1.165, 1.54) is 12.1 Å². The van der Waals surface area contributed by atoms with E-state index >= 15 is 0 Å². The highest BCUT2D eigenvalue weighted by molar-refractivity contribution is 7.92. The van der Waals surface area contributed by atoms with Crippen LogP contribution in [0.25, 0.3) is 0 Å². The Balaban J connectivity index is 2.41. The molecule has 8 heteroatoms. The molecule has 5 nitrogen and oxygen atoms in total. The van der Waals surface area contributed by atoms with Crippen LogP contribution >= 0.6 is 0 Å². The lowest BCUT2D eigenvalue weighted by molar-refractivity contribution is 0.585. The quantitative estimate of drug-likeness (QED) is 0.898. The highest BCUT2D eigenvalue weighted by Crippen LogP contribution is 2.20. The third-order valence-corrected chi connectivity index (χ3v) is 3.98. The van der Waals surface area contributed by atoms with E-state index in [0.29, 0.717) is 0 Å². The van der Waals surface area contributed by atoms with Crippen LogP contribution in [0, 0.1) is 11.6 Å². The van der Waals surface area contributed by atoms with E-state index in [1.807, 2.05) is 0 Å². The Bertz CT molecular complexity index is 718. The highest BCUT2D eigenvalue weighted by Gasteiger charge is 2.20. The minimum atomic E-state index is -4.05. The molecule has 2 aromatic rings. The van der Waals surface area contributed by atoms with Crippen LogP contribution in [0.3, 0.4) is 0 Å². The molecule has 1 heterocycles. The number of nitrogens with one attached hydrogen (secondary N) is 1. The molecule has 0 aliphatic heterocycles. The zero-order valence-electron chi connectivity index (χ0n) is 10.2. The van der Waals surface area contributed by atoms with E-state index in [1.54, 1.807) is 0 Å². The Morgan fingerprint density at radius 1 is 1.20 bits per heavy atom. The third-order valence-electron chi connectivity index (χ3n) is 2.54. The maximum Gasteiger partial charge on any atom is 0.263 e. The van der Waals surface area contributed by atoms with Crippen LogP contribution in [0.1, 0.15) is 5.56 Å². The summed E-state index contributed by atoms with van der Waals surface area (Å²) in [6.45, 7) is -0.264. The second-order valence-electron chi connectivity index (χ2n) is 3.89. The van der Waals surface area contributed by atoms with Crippen molar-refractivity contribution in [2.45, 2.75) is 11.4 Å². The first-order chi connectivity index (χ1) is 9.44. The van der Waals surface area contributed by atoms with Gasteiger partial charge in [-0.1, -0.05) is 6.07 Å². The first-order valence-electron chi connectivity index (χ1n) is 5.56. The van der Waals surface area contributed by atoms with Gasteiger partial charge in [-0.25, -0.2) is 22.2 Å². The van der Waals surface area contributed by atoms with Crippen molar-refractivity contribution in [3.63, 3.8) is 0 Å². The van der Waals surface area contributed by atoms with E-state index in [2.05, 4.69) is 9.71 Å². The molecule has 1 aromatic carbocycles. The van der Waals surface area contributed by atoms with Crippen LogP contribution in [-0.4, -0.2) is 13.4 Å². The lowest BCUT2D eigenvalue weighted by atomic mass is 10.2. The van der Waals surface area contributed by atoms with Crippen LogP contribution in [0.15, 0.2) is 41.4 Å². The molecular weight excluding hydrogens is 288 g/mol. The SMILES string of the molecule is NCc1c(F)cccc1S(=O)(=O)Nc1ccc(F)cn1. The number of nitrogens with zero attached hydrogens (tertiary/aromatic N) is 1. The summed E-state index contributed by atoms with van der Waals surface area (Å²) in [5.74, 6) is -1.37. The van der Waals surface area contributed by atoms with Gasteiger partial charge in [0.2, 0.25) is 0 Å². The van der Waals surface area contributed by atoms with Gasteiger partial charge in [0.05, 0.1) is 11.1 Å². The number of anilines is 1. The summed E-state index contributed by atoms with van der Waals surface area (Å²) in [6, 6.07) is 5.84. The predicted molar refractivity (Wildman–Crippen MR) is 69.3 cm³/mol. The second kappa shape index (κ2) is 5.51. The topological polar surface area (TPSA) is 85.1 Å². The largest absolute Gasteiger partial charge is 0.326 e. The van der Waals surface area contributed by atoms with Crippen molar-refractivity contribution >= 4 is 15.8 Å². The summed E-state index contributed by atoms with van der Waals surface area (Å²) in [7, 11) is -4.05. The molecule has 0 bridgehead atoms. The Morgan fingerprint density at radius 3 is 2.55 bits per heavy atom. The van der Waals surface area contributed by atoms with Crippen molar-refractivity contribution in [1.29, 1.82) is 0 Å². The van der Waals surface area contributed by atoms with Crippen LogP contribution in [0.2, 0.25) is 0 Å². The monoisotopic (exact) mass is 299 g/mol. The second-order valence-corrected chi connectivity index (χ2v) is 5.54. The highest BCUT2D eigenvalue weighted by atomic mass is 32.2. The predicted octanol–water partition coefficient (Wildman–Crippen LogP) is 1.62. The van der Waals surface area contributed by atoms with Crippen LogP contribution in [0.5, 0.6) is 0 Å². The summed E-state index contributed by atoms with van der Waals surface area (Å²) in [4.78, 5) is 3.30. The molecule has 2 rings (SSSR count). The van der Waals surface area contributed by atoms with Crippen LogP contribution in [-0.2, 0) is 16.6 Å². The molecule has 20 heavy (non-hydrogen) atoms. The molecule has 0 radical (unpaired) electrons. The summed E-state index contributed by atoms with van der Waals surface area (Å²) in [5, 5.41) is 0. The third kappa shape index (κ3) is 2.91. The number of hydrogen-bond donors (Lipinski definition) is 2. The van der Waals surface area contributed by atoms with E-state index in [-0.39, 0.29) is 22.8 Å². The molecule has 0 saturated heterocycles. The smallest absolute Gasteiger partial charge is 0.263 e. The Kier molecular flexibility index (Phi) is 3.96. The summed E-state index contributed by atoms with van der Waals surface area (Å²) in [5.41, 5.74) is 5.24. The molecule has 0 saturated carbocycles. The van der Waals surface area contributed by atoms with Gasteiger partial charge in [-0.3, -0.25) is 4.72 Å². The zero-order valence-corrected chi connectivity index (χ0v) is 11.0. The van der Waals surface area contributed by atoms with Gasteiger partial charge in [0.1, 0.15) is 17.5 Å². The molecule has 1 aromatic heterocycles. The van der Waals surface area contributed by atoms with Crippen LogP contribution in [0.4, 0.5) is 14.6 Å². The number of rotatable bonds is 4. The number of nitrogens with two attached hydrogens (primary N) is 1. The van der Waals surface area contributed by atoms with Gasteiger partial charge in [0.25, 0.3) is 10.0 Å². The first kappa shape index (κ1) is 14.4. The molecule has 0 spiro atoms. The average Bonchev–Trinajstić information content (AvgIpc) is 2.41. The van der Waals surface area contributed by atoms with E-state index in [4.69, 9.17) is 5.73 Å². The number of aromatic nitrogens is 1. The lowest BCUT2D eigenvalue weighted by Crippen LogP contribution is -2.18. The van der Waals surface area contributed by atoms with Crippen LogP contribution < -0.4 is 10.5 Å². The van der Waals surface area contributed by atoms with Gasteiger partial charge in [0.15, 0.2) is 0 Å². The summed E-state index contributed by atoms with van der Waals surface area (Å²) >= 11 is 0. The van der Waals surface area contributed by atoms with Crippen molar-refractivity contribution in [2.24, 2.45) is 5.73 Å². The molecule has 0 aliphatic carbocycles. The number of halogens is 2. The fourth-order valence-corrected chi connectivity index (χ4v) is 2.89. The molecule has 0 aliphatic rings. The van der Waals surface area contributed by atoms with Gasteiger partial charge in [-0.15, -0.1) is 0 Å². The Morgan fingerprint density at radius 2 is 1.95 bits per heavy atom. The van der Waals surface area contributed by atoms with Gasteiger partial charge in [0, 0.05) is 12.1 Å². The van der Waals surface area contributed by atoms with Crippen molar-refractivity contribution in [3.8, 4) is 0 Å². The minimum absolute atomic E-state index is 0.0707. The van der Waals surface area contributed by atoms with Crippen molar-refractivity contribution in [2.75, 3.05) is 4.72 Å². The van der Waals surface area contributed by atoms with Crippen molar-refractivity contribution in [3.05, 3.63) is 53.7 Å². The number of benzene rings is 1. The van der Waals surface area contributed by atoms with E-state index < -0.39 is 21.7 Å². The fraction of sp³-hybridized carbons (Fsp3) is 0.0833. The molecule has 0 fully saturated rings. The molecular formula is C12H11F2N3O2S. The fourth-order valence-electron chi connectivity index (χ4n) is 1.62. The van der Waals surface area contributed by atoms with Crippen molar-refractivity contribution < 1.29 is 17.2 Å². The van der Waals surface area contributed by atoms with Gasteiger partial charge in [-0.05, 0) is 24.3 Å². The maximum absolute atomic E-state index is 13.5. The Hall–Kier alpha value is -2.06. The van der Waals surface area contributed by atoms with Gasteiger partial charge in [-0.2, -0.15) is 0 Å². The first-order valence-corrected chi connectivity index (χ1v) is 7.04. The number of hydrogen-bond acceptors (Lipinski definition) is 4. The summed E-state index contributed by atoms with van der Waals surface area (Å²) < 4.78 is 52.7. The Labute approximate surface area is 114 Å². The number of sulfonamides is 1. The summed E-state index contributed by atoms with van der Waals surface area (Å²) in [6.07, 6.45) is 0.868. The molecule has 106 valence electrons. The zero-order chi connectivity index (χ0) is 14.8. The van der Waals surface area contributed by atoms with Gasteiger partial charge < -0.3 is 5.73 Å². The molecule has 0 amide bonds. The van der Waals surface area contributed by atoms with Gasteiger partial charge >= 0.3 is 0 Å². The van der Waals surface area contributed by atoms with Crippen molar-refractivity contribution in [1.82, 2.24) is 4.98 Å². The molecule has 3 N–H and O–H groups in total. The number of pyridine rings is 1. The normalized spacial score (nSPS) is 11.3. The minimum Gasteiger partial charge on any atom is -0.326 e. The van der Waals surface area contributed by atoms with E-state index in [0.717, 1.165) is 24.4 Å². The standard InChI is InChI=1S/C12H11F2N3O2S/c13-8-4-5-12(16-7-8)17-20(18,19)11-3-1-2-10(14)9(11)6-15/h1-5,7H,6,15H2,(H,16,17). The molecule has 0 atom stereocenters. The van der Waals surface area contributed by atoms with E-state index in [9.17, 15) is 17.2 Å².